The largest absolute Gasteiger partial charge is 0.444 e. The van der Waals surface area contributed by atoms with E-state index in [1.54, 1.807) is 0 Å². The van der Waals surface area contributed by atoms with Crippen LogP contribution in [-0.4, -0.2) is 63.3 Å². The lowest BCUT2D eigenvalue weighted by molar-refractivity contribution is 0.0527. The quantitative estimate of drug-likeness (QED) is 0.363. The fourth-order valence-corrected chi connectivity index (χ4v) is 3.87. The molecule has 0 spiro atoms. The van der Waals surface area contributed by atoms with E-state index in [0.29, 0.717) is 38.4 Å². The maximum atomic E-state index is 11.5. The summed E-state index contributed by atoms with van der Waals surface area (Å²) >= 11 is 0. The van der Waals surface area contributed by atoms with Crippen LogP contribution in [0.3, 0.4) is 0 Å². The highest BCUT2D eigenvalue weighted by atomic mass is 32.2. The highest BCUT2D eigenvalue weighted by Crippen LogP contribution is 2.11. The van der Waals surface area contributed by atoms with Gasteiger partial charge < -0.3 is 20.7 Å². The molecule has 0 bridgehead atoms. The molecule has 0 aromatic heterocycles. The third kappa shape index (κ3) is 8.95. The summed E-state index contributed by atoms with van der Waals surface area (Å²) in [5.41, 5.74) is -0.508. The standard InChI is InChI=1S/C15H30N4O4S/c1-5-16-13(19-12-7-10-24(21,22)11-12)17-8-6-9-18-14(20)23-15(2,3)4/h12H,5-11H2,1-4H3,(H,18,20)(H2,16,17,19). The van der Waals surface area contributed by atoms with Crippen molar-refractivity contribution in [2.45, 2.75) is 52.2 Å². The van der Waals surface area contributed by atoms with E-state index in [9.17, 15) is 13.2 Å². The smallest absolute Gasteiger partial charge is 0.407 e. The Morgan fingerprint density at radius 1 is 1.29 bits per heavy atom. The number of carbonyl (C=O) groups excluding carboxylic acids is 1. The summed E-state index contributed by atoms with van der Waals surface area (Å²) in [6, 6.07) is -0.0901. The number of sulfone groups is 1. The second kappa shape index (κ2) is 9.10. The molecule has 24 heavy (non-hydrogen) atoms. The Morgan fingerprint density at radius 3 is 2.54 bits per heavy atom. The minimum Gasteiger partial charge on any atom is -0.444 e. The minimum absolute atomic E-state index is 0.0901. The number of guanidine groups is 1. The first-order chi connectivity index (χ1) is 11.1. The molecule has 0 aliphatic carbocycles. The Morgan fingerprint density at radius 2 is 2.00 bits per heavy atom. The lowest BCUT2D eigenvalue weighted by Gasteiger charge is -2.19. The molecular formula is C15H30N4O4S. The van der Waals surface area contributed by atoms with Crippen LogP contribution in [0.15, 0.2) is 4.99 Å². The molecule has 140 valence electrons. The third-order valence-corrected chi connectivity index (χ3v) is 4.96. The summed E-state index contributed by atoms with van der Waals surface area (Å²) in [5, 5.41) is 8.93. The van der Waals surface area contributed by atoms with E-state index in [4.69, 9.17) is 4.74 Å². The molecule has 0 saturated carbocycles. The van der Waals surface area contributed by atoms with Gasteiger partial charge in [0.15, 0.2) is 15.8 Å². The fourth-order valence-electron chi connectivity index (χ4n) is 2.20. The molecule has 1 amide bonds. The molecular weight excluding hydrogens is 332 g/mol. The molecule has 9 heteroatoms. The topological polar surface area (TPSA) is 109 Å². The van der Waals surface area contributed by atoms with Gasteiger partial charge >= 0.3 is 6.09 Å². The first-order valence-electron chi connectivity index (χ1n) is 8.33. The molecule has 1 fully saturated rings. The number of ether oxygens (including phenoxy) is 1. The second-order valence-corrected chi connectivity index (χ2v) is 9.02. The lowest BCUT2D eigenvalue weighted by Crippen LogP contribution is -2.44. The number of hydrogen-bond donors (Lipinski definition) is 3. The van der Waals surface area contributed by atoms with Crippen LogP contribution in [-0.2, 0) is 14.6 Å². The Hall–Kier alpha value is -1.51. The van der Waals surface area contributed by atoms with Crippen molar-refractivity contribution in [1.82, 2.24) is 16.0 Å². The zero-order chi connectivity index (χ0) is 18.2. The van der Waals surface area contributed by atoms with Gasteiger partial charge in [-0.2, -0.15) is 0 Å². The summed E-state index contributed by atoms with van der Waals surface area (Å²) in [7, 11) is -2.92. The van der Waals surface area contributed by atoms with Gasteiger partial charge in [0.2, 0.25) is 0 Å². The maximum Gasteiger partial charge on any atom is 0.407 e. The van der Waals surface area contributed by atoms with E-state index in [2.05, 4.69) is 20.9 Å². The molecule has 0 radical (unpaired) electrons. The van der Waals surface area contributed by atoms with Crippen LogP contribution in [0, 0.1) is 0 Å². The van der Waals surface area contributed by atoms with Crippen molar-refractivity contribution in [1.29, 1.82) is 0 Å². The average molecular weight is 362 g/mol. The van der Waals surface area contributed by atoms with Crippen molar-refractivity contribution in [3.8, 4) is 0 Å². The number of hydrogen-bond acceptors (Lipinski definition) is 5. The number of nitrogens with one attached hydrogen (secondary N) is 3. The van der Waals surface area contributed by atoms with Gasteiger partial charge in [-0.3, -0.25) is 4.99 Å². The summed E-state index contributed by atoms with van der Waals surface area (Å²) in [6.07, 6.45) is 0.832. The van der Waals surface area contributed by atoms with Crippen LogP contribution in [0.25, 0.3) is 0 Å². The van der Waals surface area contributed by atoms with Crippen molar-refractivity contribution >= 4 is 21.9 Å². The van der Waals surface area contributed by atoms with Crippen molar-refractivity contribution in [3.63, 3.8) is 0 Å². The molecule has 1 aliphatic heterocycles. The Bertz CT molecular complexity index is 540. The Balaban J connectivity index is 2.32. The zero-order valence-electron chi connectivity index (χ0n) is 15.0. The first kappa shape index (κ1) is 20.5. The number of alkyl carbamates (subject to hydrolysis) is 1. The number of rotatable bonds is 6. The maximum absolute atomic E-state index is 11.5. The van der Waals surface area contributed by atoms with Gasteiger partial charge in [-0.15, -0.1) is 0 Å². The van der Waals surface area contributed by atoms with E-state index in [1.165, 1.54) is 0 Å². The van der Waals surface area contributed by atoms with Crippen LogP contribution in [0.5, 0.6) is 0 Å². The van der Waals surface area contributed by atoms with Gasteiger partial charge in [0, 0.05) is 25.7 Å². The number of carbonyl (C=O) groups is 1. The molecule has 1 aliphatic rings. The summed E-state index contributed by atoms with van der Waals surface area (Å²) < 4.78 is 28.1. The normalized spacial score (nSPS) is 20.5. The molecule has 1 unspecified atom stereocenters. The highest BCUT2D eigenvalue weighted by molar-refractivity contribution is 7.91. The highest BCUT2D eigenvalue weighted by Gasteiger charge is 2.28. The van der Waals surface area contributed by atoms with Crippen molar-refractivity contribution in [2.75, 3.05) is 31.1 Å². The molecule has 3 N–H and O–H groups in total. The molecule has 1 atom stereocenters. The fraction of sp³-hybridized carbons (Fsp3) is 0.867. The summed E-state index contributed by atoms with van der Waals surface area (Å²) in [4.78, 5) is 15.9. The molecule has 1 saturated heterocycles. The number of amides is 1. The van der Waals surface area contributed by atoms with Crippen LogP contribution >= 0.6 is 0 Å². The van der Waals surface area contributed by atoms with Crippen LogP contribution in [0.4, 0.5) is 4.79 Å². The van der Waals surface area contributed by atoms with Gasteiger partial charge in [0.05, 0.1) is 11.5 Å². The summed E-state index contributed by atoms with van der Waals surface area (Å²) in [5.74, 6) is 0.985. The van der Waals surface area contributed by atoms with Gasteiger partial charge in [-0.25, -0.2) is 13.2 Å². The monoisotopic (exact) mass is 362 g/mol. The SMILES string of the molecule is CCNC(=NCCCNC(=O)OC(C)(C)C)NC1CCS(=O)(=O)C1. The lowest BCUT2D eigenvalue weighted by atomic mass is 10.2. The van der Waals surface area contributed by atoms with Crippen molar-refractivity contribution < 1.29 is 17.9 Å². The molecule has 1 rings (SSSR count). The van der Waals surface area contributed by atoms with Gasteiger partial charge in [0.1, 0.15) is 5.60 Å². The predicted molar refractivity (Wildman–Crippen MR) is 95.0 cm³/mol. The Kier molecular flexibility index (Phi) is 7.78. The van der Waals surface area contributed by atoms with Crippen LogP contribution < -0.4 is 16.0 Å². The van der Waals surface area contributed by atoms with E-state index in [1.807, 2.05) is 27.7 Å². The molecule has 0 aromatic rings. The number of nitrogens with zero attached hydrogens (tertiary/aromatic N) is 1. The zero-order valence-corrected chi connectivity index (χ0v) is 15.8. The predicted octanol–water partition coefficient (Wildman–Crippen LogP) is 0.643. The van der Waals surface area contributed by atoms with Crippen molar-refractivity contribution in [3.05, 3.63) is 0 Å². The molecule has 1 heterocycles. The van der Waals surface area contributed by atoms with Gasteiger partial charge in [-0.1, -0.05) is 0 Å². The molecule has 0 aromatic carbocycles. The minimum atomic E-state index is -2.92. The number of aliphatic imine (C=N–C) groups is 1. The first-order valence-corrected chi connectivity index (χ1v) is 10.2. The van der Waals surface area contributed by atoms with Crippen molar-refractivity contribution in [2.24, 2.45) is 4.99 Å². The summed E-state index contributed by atoms with van der Waals surface area (Å²) in [6.45, 7) is 9.08. The Labute approximate surface area is 144 Å². The van der Waals surface area contributed by atoms with E-state index >= 15 is 0 Å². The van der Waals surface area contributed by atoms with E-state index < -0.39 is 21.5 Å². The van der Waals surface area contributed by atoms with Crippen LogP contribution in [0.1, 0.15) is 40.5 Å². The van der Waals surface area contributed by atoms with Gasteiger partial charge in [-0.05, 0) is 40.5 Å². The van der Waals surface area contributed by atoms with Crippen LogP contribution in [0.2, 0.25) is 0 Å². The third-order valence-electron chi connectivity index (χ3n) is 3.19. The second-order valence-electron chi connectivity index (χ2n) is 6.79. The average Bonchev–Trinajstić information content (AvgIpc) is 2.75. The van der Waals surface area contributed by atoms with Gasteiger partial charge in [0.25, 0.3) is 0 Å². The van der Waals surface area contributed by atoms with E-state index in [0.717, 1.165) is 0 Å². The van der Waals surface area contributed by atoms with E-state index in [-0.39, 0.29) is 17.5 Å². The molecule has 8 nitrogen and oxygen atoms in total.